The van der Waals surface area contributed by atoms with E-state index in [0.29, 0.717) is 11.8 Å². The van der Waals surface area contributed by atoms with Gasteiger partial charge in [0.1, 0.15) is 5.82 Å². The average Bonchev–Trinajstić information content (AvgIpc) is 2.61. The fraction of sp³-hybridized carbons (Fsp3) is 0.818. The Hall–Kier alpha value is -0.350. The van der Waals surface area contributed by atoms with Crippen LogP contribution in [0, 0.1) is 5.92 Å². The molecule has 0 radical (unpaired) electrons. The van der Waals surface area contributed by atoms with E-state index >= 15 is 0 Å². The second kappa shape index (κ2) is 5.32. The van der Waals surface area contributed by atoms with E-state index in [2.05, 4.69) is 49.3 Å². The third kappa shape index (κ3) is 3.59. The molecule has 1 aromatic rings. The quantitative estimate of drug-likeness (QED) is 0.843. The van der Waals surface area contributed by atoms with Crippen molar-refractivity contribution in [2.75, 3.05) is 11.2 Å². The normalized spacial score (nSPS) is 14.2. The van der Waals surface area contributed by atoms with Gasteiger partial charge >= 0.3 is 0 Å². The molecule has 5 heteroatoms. The Kier molecular flexibility index (Phi) is 4.56. The summed E-state index contributed by atoms with van der Waals surface area (Å²) in [5, 5.41) is 4.20. The van der Waals surface area contributed by atoms with E-state index in [1.807, 2.05) is 0 Å². The zero-order valence-electron chi connectivity index (χ0n) is 10.5. The monoisotopic (exact) mass is 261 g/mol. The highest BCUT2D eigenvalue weighted by Crippen LogP contribution is 2.24. The third-order valence-corrected chi connectivity index (χ3v) is 3.36. The molecule has 0 aliphatic rings. The van der Waals surface area contributed by atoms with E-state index < -0.39 is 0 Å². The summed E-state index contributed by atoms with van der Waals surface area (Å²) in [6, 6.07) is 0.252. The van der Waals surface area contributed by atoms with Crippen LogP contribution in [0.3, 0.4) is 0 Å². The molecule has 0 amide bonds. The van der Waals surface area contributed by atoms with Crippen LogP contribution in [-0.2, 0) is 5.41 Å². The summed E-state index contributed by atoms with van der Waals surface area (Å²) in [6.45, 7) is 10.6. The van der Waals surface area contributed by atoms with E-state index in [-0.39, 0.29) is 11.5 Å². The summed E-state index contributed by atoms with van der Waals surface area (Å²) >= 11 is 7.31. The molecule has 1 unspecified atom stereocenters. The van der Waals surface area contributed by atoms with Crippen molar-refractivity contribution in [2.45, 2.75) is 46.1 Å². The second-order valence-electron chi connectivity index (χ2n) is 5.32. The fourth-order valence-corrected chi connectivity index (χ4v) is 2.38. The SMILES string of the molecule is CC(C)C(CCl)Nc1nc(C(C)(C)C)ns1. The molecule has 0 fully saturated rings. The van der Waals surface area contributed by atoms with Crippen LogP contribution in [-0.4, -0.2) is 21.3 Å². The van der Waals surface area contributed by atoms with Crippen molar-refractivity contribution < 1.29 is 0 Å². The van der Waals surface area contributed by atoms with Gasteiger partial charge < -0.3 is 5.32 Å². The molecule has 1 atom stereocenters. The number of rotatable bonds is 4. The summed E-state index contributed by atoms with van der Waals surface area (Å²) in [5.74, 6) is 1.96. The first-order chi connectivity index (χ1) is 7.34. The van der Waals surface area contributed by atoms with Crippen LogP contribution in [0.15, 0.2) is 0 Å². The lowest BCUT2D eigenvalue weighted by molar-refractivity contribution is 0.549. The van der Waals surface area contributed by atoms with Crippen molar-refractivity contribution in [2.24, 2.45) is 5.92 Å². The summed E-state index contributed by atoms with van der Waals surface area (Å²) in [7, 11) is 0. The van der Waals surface area contributed by atoms with E-state index in [1.165, 1.54) is 11.5 Å². The molecular formula is C11H20ClN3S. The number of aromatic nitrogens is 2. The molecule has 1 heterocycles. The van der Waals surface area contributed by atoms with E-state index in [4.69, 9.17) is 11.6 Å². The van der Waals surface area contributed by atoms with Gasteiger partial charge in [-0.2, -0.15) is 4.37 Å². The van der Waals surface area contributed by atoms with Crippen LogP contribution in [0.5, 0.6) is 0 Å². The Labute approximate surface area is 107 Å². The Morgan fingerprint density at radius 2 is 2.00 bits per heavy atom. The number of anilines is 1. The minimum Gasteiger partial charge on any atom is -0.356 e. The highest BCUT2D eigenvalue weighted by Gasteiger charge is 2.21. The van der Waals surface area contributed by atoms with Crippen molar-refractivity contribution in [1.82, 2.24) is 9.36 Å². The van der Waals surface area contributed by atoms with Crippen molar-refractivity contribution in [1.29, 1.82) is 0 Å². The van der Waals surface area contributed by atoms with E-state index in [9.17, 15) is 0 Å². The Balaban J connectivity index is 2.72. The molecular weight excluding hydrogens is 242 g/mol. The van der Waals surface area contributed by atoms with Crippen LogP contribution in [0.1, 0.15) is 40.4 Å². The molecule has 0 saturated heterocycles. The van der Waals surface area contributed by atoms with Crippen molar-refractivity contribution >= 4 is 28.3 Å². The van der Waals surface area contributed by atoms with Crippen LogP contribution in [0.25, 0.3) is 0 Å². The van der Waals surface area contributed by atoms with E-state index in [0.717, 1.165) is 11.0 Å². The van der Waals surface area contributed by atoms with Gasteiger partial charge in [-0.25, -0.2) is 4.98 Å². The Morgan fingerprint density at radius 3 is 2.38 bits per heavy atom. The van der Waals surface area contributed by atoms with Crippen molar-refractivity contribution in [3.05, 3.63) is 5.82 Å². The largest absolute Gasteiger partial charge is 0.356 e. The molecule has 1 rings (SSSR count). The van der Waals surface area contributed by atoms with Gasteiger partial charge in [0.05, 0.1) is 0 Å². The van der Waals surface area contributed by atoms with Gasteiger partial charge in [-0.15, -0.1) is 11.6 Å². The second-order valence-corrected chi connectivity index (χ2v) is 6.38. The fourth-order valence-electron chi connectivity index (χ4n) is 1.13. The van der Waals surface area contributed by atoms with Crippen LogP contribution >= 0.6 is 23.1 Å². The number of nitrogens with one attached hydrogen (secondary N) is 1. The molecule has 0 aliphatic heterocycles. The zero-order chi connectivity index (χ0) is 12.3. The Bertz CT molecular complexity index is 330. The predicted octanol–water partition coefficient (Wildman–Crippen LogP) is 3.51. The lowest BCUT2D eigenvalue weighted by Crippen LogP contribution is -2.27. The first-order valence-corrected chi connectivity index (χ1v) is 6.82. The lowest BCUT2D eigenvalue weighted by atomic mass is 9.96. The maximum atomic E-state index is 5.90. The number of halogens is 1. The van der Waals surface area contributed by atoms with Gasteiger partial charge in [0.2, 0.25) is 5.13 Å². The molecule has 1 N–H and O–H groups in total. The molecule has 16 heavy (non-hydrogen) atoms. The molecule has 0 saturated carbocycles. The first kappa shape index (κ1) is 13.7. The van der Waals surface area contributed by atoms with Gasteiger partial charge in [0.25, 0.3) is 0 Å². The van der Waals surface area contributed by atoms with Gasteiger partial charge in [-0.3, -0.25) is 0 Å². The standard InChI is InChI=1S/C11H20ClN3S/c1-7(2)8(6-12)13-10-14-9(15-16-10)11(3,4)5/h7-8H,6H2,1-5H3,(H,13,14,15). The molecule has 0 spiro atoms. The zero-order valence-corrected chi connectivity index (χ0v) is 12.1. The van der Waals surface area contributed by atoms with Crippen molar-refractivity contribution in [3.8, 4) is 0 Å². The van der Waals surface area contributed by atoms with Crippen molar-refractivity contribution in [3.63, 3.8) is 0 Å². The molecule has 3 nitrogen and oxygen atoms in total. The van der Waals surface area contributed by atoms with Crippen LogP contribution in [0.4, 0.5) is 5.13 Å². The molecule has 1 aromatic heterocycles. The van der Waals surface area contributed by atoms with Gasteiger partial charge in [-0.05, 0) is 5.92 Å². The molecule has 0 aromatic carbocycles. The maximum Gasteiger partial charge on any atom is 0.202 e. The number of nitrogens with zero attached hydrogens (tertiary/aromatic N) is 2. The highest BCUT2D eigenvalue weighted by atomic mass is 35.5. The van der Waals surface area contributed by atoms with Crippen LogP contribution < -0.4 is 5.32 Å². The molecule has 92 valence electrons. The van der Waals surface area contributed by atoms with E-state index in [1.54, 1.807) is 0 Å². The minimum absolute atomic E-state index is 0.00468. The summed E-state index contributed by atoms with van der Waals surface area (Å²) < 4.78 is 4.36. The maximum absolute atomic E-state index is 5.90. The predicted molar refractivity (Wildman–Crippen MR) is 71.6 cm³/mol. The summed E-state index contributed by atoms with van der Waals surface area (Å²) in [4.78, 5) is 4.49. The number of hydrogen-bond donors (Lipinski definition) is 1. The average molecular weight is 262 g/mol. The van der Waals surface area contributed by atoms with Crippen LogP contribution in [0.2, 0.25) is 0 Å². The lowest BCUT2D eigenvalue weighted by Gasteiger charge is -2.18. The number of hydrogen-bond acceptors (Lipinski definition) is 4. The van der Waals surface area contributed by atoms with Gasteiger partial charge in [0.15, 0.2) is 0 Å². The topological polar surface area (TPSA) is 37.8 Å². The summed E-state index contributed by atoms with van der Waals surface area (Å²) in [6.07, 6.45) is 0. The summed E-state index contributed by atoms with van der Waals surface area (Å²) in [5.41, 5.74) is 0.00468. The number of alkyl halides is 1. The van der Waals surface area contributed by atoms with Gasteiger partial charge in [-0.1, -0.05) is 34.6 Å². The molecule has 0 aliphatic carbocycles. The first-order valence-electron chi connectivity index (χ1n) is 5.51. The third-order valence-electron chi connectivity index (χ3n) is 2.38. The highest BCUT2D eigenvalue weighted by molar-refractivity contribution is 7.09. The van der Waals surface area contributed by atoms with Gasteiger partial charge in [0, 0.05) is 28.9 Å². The Morgan fingerprint density at radius 1 is 1.38 bits per heavy atom. The smallest absolute Gasteiger partial charge is 0.202 e. The molecule has 0 bridgehead atoms. The minimum atomic E-state index is 0.00468.